The van der Waals surface area contributed by atoms with Gasteiger partial charge in [-0.15, -0.1) is 0 Å². The topological polar surface area (TPSA) is 17.1 Å². The normalized spacial score (nSPS) is 17.7. The molecule has 0 aliphatic rings. The maximum atomic E-state index is 12.4. The SMILES string of the molecule is CC(=O)C(C)(C(C)C)C(F)(F)F. The Morgan fingerprint density at radius 3 is 1.58 bits per heavy atom. The van der Waals surface area contributed by atoms with Crippen LogP contribution in [0.15, 0.2) is 0 Å². The average Bonchev–Trinajstić information content (AvgIpc) is 1.82. The molecule has 0 radical (unpaired) electrons. The van der Waals surface area contributed by atoms with Crippen LogP contribution in [0.2, 0.25) is 0 Å². The Labute approximate surface area is 70.0 Å². The van der Waals surface area contributed by atoms with Gasteiger partial charge in [-0.1, -0.05) is 13.8 Å². The summed E-state index contributed by atoms with van der Waals surface area (Å²) in [6, 6.07) is 0. The van der Waals surface area contributed by atoms with Gasteiger partial charge in [0, 0.05) is 0 Å². The zero-order valence-electron chi connectivity index (χ0n) is 7.62. The Morgan fingerprint density at radius 1 is 1.25 bits per heavy atom. The highest BCUT2D eigenvalue weighted by Crippen LogP contribution is 2.44. The highest BCUT2D eigenvalue weighted by molar-refractivity contribution is 5.83. The van der Waals surface area contributed by atoms with Crippen molar-refractivity contribution in [2.75, 3.05) is 0 Å². The van der Waals surface area contributed by atoms with Crippen LogP contribution in [0.1, 0.15) is 27.7 Å². The average molecular weight is 182 g/mol. The number of halogens is 3. The minimum Gasteiger partial charge on any atom is -0.299 e. The third-order valence-electron chi connectivity index (χ3n) is 2.47. The fraction of sp³-hybridized carbons (Fsp3) is 0.875. The van der Waals surface area contributed by atoms with Gasteiger partial charge in [-0.3, -0.25) is 4.79 Å². The van der Waals surface area contributed by atoms with Crippen LogP contribution in [0.4, 0.5) is 13.2 Å². The summed E-state index contributed by atoms with van der Waals surface area (Å²) in [7, 11) is 0. The molecule has 0 spiro atoms. The molecule has 4 heteroatoms. The Bertz CT molecular complexity index is 183. The fourth-order valence-corrected chi connectivity index (χ4v) is 0.933. The Kier molecular flexibility index (Phi) is 2.93. The van der Waals surface area contributed by atoms with Crippen molar-refractivity contribution in [1.29, 1.82) is 0 Å². The molecule has 0 fully saturated rings. The molecule has 1 nitrogen and oxygen atoms in total. The van der Waals surface area contributed by atoms with Crippen LogP contribution in [0.25, 0.3) is 0 Å². The van der Waals surface area contributed by atoms with E-state index in [2.05, 4.69) is 0 Å². The van der Waals surface area contributed by atoms with Crippen LogP contribution < -0.4 is 0 Å². The molecule has 0 N–H and O–H groups in total. The zero-order chi connectivity index (χ0) is 10.2. The first kappa shape index (κ1) is 11.5. The predicted octanol–water partition coefficient (Wildman–Crippen LogP) is 2.80. The van der Waals surface area contributed by atoms with Gasteiger partial charge in [-0.25, -0.2) is 0 Å². The molecule has 0 aliphatic heterocycles. The standard InChI is InChI=1S/C8H13F3O/c1-5(2)7(4,6(3)12)8(9,10)11/h5H,1-4H3. The Hall–Kier alpha value is -0.540. The van der Waals surface area contributed by atoms with Gasteiger partial charge in [0.2, 0.25) is 0 Å². The maximum Gasteiger partial charge on any atom is 0.401 e. The number of hydrogen-bond donors (Lipinski definition) is 0. The van der Waals surface area contributed by atoms with Crippen molar-refractivity contribution in [2.24, 2.45) is 11.3 Å². The smallest absolute Gasteiger partial charge is 0.299 e. The monoisotopic (exact) mass is 182 g/mol. The Balaban J connectivity index is 5.02. The second-order valence-electron chi connectivity index (χ2n) is 3.41. The molecule has 0 amide bonds. The minimum absolute atomic E-state index is 0.727. The van der Waals surface area contributed by atoms with E-state index in [1.807, 2.05) is 0 Å². The van der Waals surface area contributed by atoms with Crippen molar-refractivity contribution >= 4 is 5.78 Å². The molecule has 72 valence electrons. The van der Waals surface area contributed by atoms with Gasteiger partial charge in [0.1, 0.15) is 11.2 Å². The molecule has 0 aromatic rings. The van der Waals surface area contributed by atoms with Crippen molar-refractivity contribution in [1.82, 2.24) is 0 Å². The first-order valence-corrected chi connectivity index (χ1v) is 3.71. The number of Topliss-reactive ketones (excluding diaryl/α,β-unsaturated/α-hetero) is 1. The second kappa shape index (κ2) is 3.07. The van der Waals surface area contributed by atoms with Crippen LogP contribution >= 0.6 is 0 Å². The first-order chi connectivity index (χ1) is 5.14. The van der Waals surface area contributed by atoms with E-state index in [0.29, 0.717) is 0 Å². The largest absolute Gasteiger partial charge is 0.401 e. The molecule has 0 rings (SSSR count). The molecular weight excluding hydrogens is 169 g/mol. The van der Waals surface area contributed by atoms with Crippen LogP contribution in [0.3, 0.4) is 0 Å². The van der Waals surface area contributed by atoms with E-state index in [4.69, 9.17) is 0 Å². The van der Waals surface area contributed by atoms with Crippen molar-refractivity contribution in [3.8, 4) is 0 Å². The summed E-state index contributed by atoms with van der Waals surface area (Å²) in [5.41, 5.74) is -2.20. The number of hydrogen-bond acceptors (Lipinski definition) is 1. The summed E-state index contributed by atoms with van der Waals surface area (Å²) in [6.45, 7) is 4.72. The lowest BCUT2D eigenvalue weighted by Gasteiger charge is -2.32. The van der Waals surface area contributed by atoms with Crippen LogP contribution in [-0.2, 0) is 4.79 Å². The van der Waals surface area contributed by atoms with E-state index in [0.717, 1.165) is 13.8 Å². The predicted molar refractivity (Wildman–Crippen MR) is 39.7 cm³/mol. The van der Waals surface area contributed by atoms with Crippen LogP contribution in [-0.4, -0.2) is 12.0 Å². The lowest BCUT2D eigenvalue weighted by Crippen LogP contribution is -2.45. The highest BCUT2D eigenvalue weighted by Gasteiger charge is 2.56. The van der Waals surface area contributed by atoms with Crippen molar-refractivity contribution < 1.29 is 18.0 Å². The summed E-state index contributed by atoms with van der Waals surface area (Å²) in [6.07, 6.45) is -4.45. The molecule has 1 atom stereocenters. The third kappa shape index (κ3) is 1.62. The summed E-state index contributed by atoms with van der Waals surface area (Å²) in [5.74, 6) is -1.56. The number of carbonyl (C=O) groups is 1. The molecule has 0 saturated heterocycles. The lowest BCUT2D eigenvalue weighted by atomic mass is 9.75. The van der Waals surface area contributed by atoms with Gasteiger partial charge in [-0.05, 0) is 19.8 Å². The minimum atomic E-state index is -4.45. The molecule has 0 aromatic heterocycles. The van der Waals surface area contributed by atoms with Gasteiger partial charge in [-0.2, -0.15) is 13.2 Å². The molecule has 0 bridgehead atoms. The van der Waals surface area contributed by atoms with E-state index in [1.165, 1.54) is 13.8 Å². The van der Waals surface area contributed by atoms with Crippen LogP contribution in [0, 0.1) is 11.3 Å². The second-order valence-corrected chi connectivity index (χ2v) is 3.41. The van der Waals surface area contributed by atoms with Crippen molar-refractivity contribution in [2.45, 2.75) is 33.9 Å². The Morgan fingerprint density at radius 2 is 1.58 bits per heavy atom. The molecular formula is C8H13F3O. The van der Waals surface area contributed by atoms with Crippen molar-refractivity contribution in [3.63, 3.8) is 0 Å². The van der Waals surface area contributed by atoms with E-state index in [-0.39, 0.29) is 0 Å². The molecule has 1 unspecified atom stereocenters. The van der Waals surface area contributed by atoms with Gasteiger partial charge in [0.05, 0.1) is 0 Å². The molecule has 0 aliphatic carbocycles. The maximum absolute atomic E-state index is 12.4. The highest BCUT2D eigenvalue weighted by atomic mass is 19.4. The molecule has 12 heavy (non-hydrogen) atoms. The number of ketones is 1. The summed E-state index contributed by atoms with van der Waals surface area (Å²) in [5, 5.41) is 0. The van der Waals surface area contributed by atoms with Gasteiger partial charge in [0.15, 0.2) is 0 Å². The number of rotatable bonds is 2. The van der Waals surface area contributed by atoms with Gasteiger partial charge in [0.25, 0.3) is 0 Å². The zero-order valence-corrected chi connectivity index (χ0v) is 7.62. The molecule has 0 heterocycles. The van der Waals surface area contributed by atoms with Gasteiger partial charge < -0.3 is 0 Å². The molecule has 0 aromatic carbocycles. The van der Waals surface area contributed by atoms with Crippen LogP contribution in [0.5, 0.6) is 0 Å². The van der Waals surface area contributed by atoms with Crippen molar-refractivity contribution in [3.05, 3.63) is 0 Å². The molecule has 0 saturated carbocycles. The van der Waals surface area contributed by atoms with E-state index < -0.39 is 23.3 Å². The van der Waals surface area contributed by atoms with E-state index in [9.17, 15) is 18.0 Å². The quantitative estimate of drug-likeness (QED) is 0.641. The summed E-state index contributed by atoms with van der Waals surface area (Å²) < 4.78 is 37.2. The number of alkyl halides is 3. The third-order valence-corrected chi connectivity index (χ3v) is 2.47. The number of carbonyl (C=O) groups excluding carboxylic acids is 1. The van der Waals surface area contributed by atoms with E-state index in [1.54, 1.807) is 0 Å². The van der Waals surface area contributed by atoms with E-state index >= 15 is 0 Å². The first-order valence-electron chi connectivity index (χ1n) is 3.71. The summed E-state index contributed by atoms with van der Waals surface area (Å²) >= 11 is 0. The fourth-order valence-electron chi connectivity index (χ4n) is 0.933. The summed E-state index contributed by atoms with van der Waals surface area (Å²) in [4.78, 5) is 10.8. The lowest BCUT2D eigenvalue weighted by molar-refractivity contribution is -0.226. The van der Waals surface area contributed by atoms with Gasteiger partial charge >= 0.3 is 6.18 Å².